The average molecular weight is 423 g/mol. The van der Waals surface area contributed by atoms with Gasteiger partial charge in [-0.1, -0.05) is 90.6 Å². The lowest BCUT2D eigenvalue weighted by Crippen LogP contribution is -2.40. The van der Waals surface area contributed by atoms with Gasteiger partial charge < -0.3 is 5.32 Å². The lowest BCUT2D eigenvalue weighted by molar-refractivity contribution is 0.246. The minimum Gasteiger partial charge on any atom is -0.326 e. The summed E-state index contributed by atoms with van der Waals surface area (Å²) in [7, 11) is 0. The van der Waals surface area contributed by atoms with Gasteiger partial charge in [0.15, 0.2) is 0 Å². The zero-order chi connectivity index (χ0) is 21.2. The first-order chi connectivity index (χ1) is 15.2. The second-order valence-corrected chi connectivity index (χ2v) is 8.61. The van der Waals surface area contributed by atoms with Crippen LogP contribution < -0.4 is 10.2 Å². The molecule has 0 bridgehead atoms. The minimum atomic E-state index is -0.246. The van der Waals surface area contributed by atoms with Crippen LogP contribution in [0.1, 0.15) is 22.7 Å². The first-order valence-corrected chi connectivity index (χ1v) is 11.1. The maximum atomic E-state index is 13.8. The van der Waals surface area contributed by atoms with E-state index >= 15 is 0 Å². The second kappa shape index (κ2) is 8.32. The van der Waals surface area contributed by atoms with Crippen molar-refractivity contribution >= 4 is 29.2 Å². The average Bonchev–Trinajstić information content (AvgIpc) is 2.82. The van der Waals surface area contributed by atoms with Crippen molar-refractivity contribution in [2.45, 2.75) is 22.8 Å². The van der Waals surface area contributed by atoms with Crippen LogP contribution in [0, 0.1) is 6.92 Å². The molecule has 1 aliphatic heterocycles. The highest BCUT2D eigenvalue weighted by atomic mass is 32.2. The summed E-state index contributed by atoms with van der Waals surface area (Å²) < 4.78 is 0. The van der Waals surface area contributed by atoms with E-state index in [0.717, 1.165) is 37.9 Å². The van der Waals surface area contributed by atoms with E-state index in [9.17, 15) is 4.79 Å². The van der Waals surface area contributed by atoms with Crippen LogP contribution in [0.3, 0.4) is 0 Å². The number of urea groups is 1. The van der Waals surface area contributed by atoms with Gasteiger partial charge in [0.05, 0.1) is 17.4 Å². The summed E-state index contributed by atoms with van der Waals surface area (Å²) in [4.78, 5) is 17.7. The Morgan fingerprint density at radius 1 is 0.742 bits per heavy atom. The van der Waals surface area contributed by atoms with Crippen molar-refractivity contribution in [2.75, 3.05) is 4.90 Å². The molecule has 0 saturated heterocycles. The Balaban J connectivity index is 1.58. The molecule has 4 aromatic rings. The summed E-state index contributed by atoms with van der Waals surface area (Å²) >= 11 is 1.70. The normalized spacial score (nSPS) is 13.1. The number of nitrogens with zero attached hydrogens (tertiary/aromatic N) is 1. The van der Waals surface area contributed by atoms with Crippen LogP contribution in [-0.4, -0.2) is 6.03 Å². The number of nitrogens with one attached hydrogen (secondary N) is 1. The molecular formula is C27H22N2OS. The van der Waals surface area contributed by atoms with Crippen molar-refractivity contribution in [2.24, 2.45) is 0 Å². The molecule has 5 rings (SSSR count). The number of benzene rings is 4. The molecule has 0 aliphatic carbocycles. The molecule has 152 valence electrons. The van der Waals surface area contributed by atoms with Gasteiger partial charge >= 0.3 is 6.03 Å². The second-order valence-electron chi connectivity index (χ2n) is 7.52. The Kier molecular flexibility index (Phi) is 5.23. The third kappa shape index (κ3) is 3.71. The van der Waals surface area contributed by atoms with E-state index in [0.29, 0.717) is 0 Å². The highest BCUT2D eigenvalue weighted by Crippen LogP contribution is 2.48. The maximum absolute atomic E-state index is 13.8. The van der Waals surface area contributed by atoms with Gasteiger partial charge in [-0.3, -0.25) is 4.90 Å². The van der Waals surface area contributed by atoms with Crippen molar-refractivity contribution in [3.63, 3.8) is 0 Å². The minimum absolute atomic E-state index is 0.141. The summed E-state index contributed by atoms with van der Waals surface area (Å²) in [6.07, 6.45) is 0. The SMILES string of the molecule is Cc1ccccc1[C@H](NC(=O)N1c2ccccc2Sc2ccccc21)c1ccccc1. The highest BCUT2D eigenvalue weighted by molar-refractivity contribution is 7.99. The molecule has 0 radical (unpaired) electrons. The number of rotatable bonds is 3. The topological polar surface area (TPSA) is 32.3 Å². The largest absolute Gasteiger partial charge is 0.327 e. The van der Waals surface area contributed by atoms with E-state index in [-0.39, 0.29) is 12.1 Å². The quantitative estimate of drug-likeness (QED) is 0.382. The van der Waals surface area contributed by atoms with Crippen molar-refractivity contribution in [3.8, 4) is 0 Å². The zero-order valence-corrected chi connectivity index (χ0v) is 18.0. The molecule has 0 unspecified atom stereocenters. The van der Waals surface area contributed by atoms with Crippen molar-refractivity contribution in [1.29, 1.82) is 0 Å². The summed E-state index contributed by atoms with van der Waals surface area (Å²) in [6.45, 7) is 2.08. The van der Waals surface area contributed by atoms with E-state index in [4.69, 9.17) is 0 Å². The van der Waals surface area contributed by atoms with Gasteiger partial charge in [-0.25, -0.2) is 4.79 Å². The Morgan fingerprint density at radius 2 is 1.29 bits per heavy atom. The fraction of sp³-hybridized carbons (Fsp3) is 0.0741. The molecule has 31 heavy (non-hydrogen) atoms. The number of aryl methyl sites for hydroxylation is 1. The standard InChI is InChI=1S/C27H22N2OS/c1-19-11-5-6-14-21(19)26(20-12-3-2-4-13-20)28-27(30)29-22-15-7-9-17-24(22)31-25-18-10-8-16-23(25)29/h2-18,26H,1H3,(H,28,30)/t26-/m1/s1. The molecule has 1 aliphatic rings. The predicted molar refractivity (Wildman–Crippen MR) is 127 cm³/mol. The van der Waals surface area contributed by atoms with Crippen LogP contribution in [-0.2, 0) is 0 Å². The van der Waals surface area contributed by atoms with Crippen molar-refractivity contribution in [3.05, 3.63) is 120 Å². The monoisotopic (exact) mass is 422 g/mol. The van der Waals surface area contributed by atoms with Crippen LogP contribution >= 0.6 is 11.8 Å². The van der Waals surface area contributed by atoms with E-state index in [1.807, 2.05) is 66.7 Å². The summed E-state index contributed by atoms with van der Waals surface area (Å²) in [5.74, 6) is 0. The molecule has 1 atom stereocenters. The fourth-order valence-electron chi connectivity index (χ4n) is 4.01. The highest BCUT2D eigenvalue weighted by Gasteiger charge is 2.30. The van der Waals surface area contributed by atoms with Gasteiger partial charge in [0.1, 0.15) is 0 Å². The van der Waals surface area contributed by atoms with E-state index in [1.54, 1.807) is 16.7 Å². The smallest absolute Gasteiger partial charge is 0.326 e. The molecule has 2 amide bonds. The third-order valence-electron chi connectivity index (χ3n) is 5.54. The fourth-order valence-corrected chi connectivity index (χ4v) is 5.07. The van der Waals surface area contributed by atoms with Crippen LogP contribution in [0.5, 0.6) is 0 Å². The number of fused-ring (bicyclic) bond motifs is 2. The summed E-state index contributed by atoms with van der Waals surface area (Å²) in [5.41, 5.74) is 5.10. The molecule has 1 N–H and O–H groups in total. The molecule has 0 aromatic heterocycles. The maximum Gasteiger partial charge on any atom is 0.327 e. The third-order valence-corrected chi connectivity index (χ3v) is 6.67. The molecule has 4 aromatic carbocycles. The predicted octanol–water partition coefficient (Wildman–Crippen LogP) is 7.10. The van der Waals surface area contributed by atoms with Crippen molar-refractivity contribution < 1.29 is 4.79 Å². The molecule has 3 nitrogen and oxygen atoms in total. The summed E-state index contributed by atoms with van der Waals surface area (Å²) in [5, 5.41) is 3.32. The van der Waals surface area contributed by atoms with Crippen molar-refractivity contribution in [1.82, 2.24) is 5.32 Å². The number of para-hydroxylation sites is 2. The molecule has 0 fully saturated rings. The zero-order valence-electron chi connectivity index (χ0n) is 17.2. The van der Waals surface area contributed by atoms with Crippen LogP contribution in [0.15, 0.2) is 113 Å². The Labute approximate surface area is 186 Å². The first-order valence-electron chi connectivity index (χ1n) is 10.3. The molecule has 0 saturated carbocycles. The molecular weight excluding hydrogens is 400 g/mol. The van der Waals surface area contributed by atoms with E-state index < -0.39 is 0 Å². The number of amides is 2. The molecule has 1 heterocycles. The molecule has 4 heteroatoms. The van der Waals surface area contributed by atoms with Gasteiger partial charge in [0.2, 0.25) is 0 Å². The summed E-state index contributed by atoms with van der Waals surface area (Å²) in [6, 6.07) is 34.1. The lowest BCUT2D eigenvalue weighted by atomic mass is 9.95. The van der Waals surface area contributed by atoms with Gasteiger partial charge in [0, 0.05) is 9.79 Å². The van der Waals surface area contributed by atoms with Gasteiger partial charge in [-0.05, 0) is 47.9 Å². The van der Waals surface area contributed by atoms with Crippen LogP contribution in [0.4, 0.5) is 16.2 Å². The number of hydrogen-bond acceptors (Lipinski definition) is 2. The van der Waals surface area contributed by atoms with E-state index in [2.05, 4.69) is 48.6 Å². The van der Waals surface area contributed by atoms with E-state index in [1.165, 1.54) is 0 Å². The van der Waals surface area contributed by atoms with Gasteiger partial charge in [-0.2, -0.15) is 0 Å². The lowest BCUT2D eigenvalue weighted by Gasteiger charge is -2.33. The van der Waals surface area contributed by atoms with Gasteiger partial charge in [0.25, 0.3) is 0 Å². The first kappa shape index (κ1) is 19.5. The Morgan fingerprint density at radius 3 is 1.94 bits per heavy atom. The number of anilines is 2. The Bertz CT molecular complexity index is 1190. The van der Waals surface area contributed by atoms with Crippen LogP contribution in [0.25, 0.3) is 0 Å². The molecule has 0 spiro atoms. The number of carbonyl (C=O) groups excluding carboxylic acids is 1. The van der Waals surface area contributed by atoms with Crippen LogP contribution in [0.2, 0.25) is 0 Å². The number of carbonyl (C=O) groups is 1. The van der Waals surface area contributed by atoms with Gasteiger partial charge in [-0.15, -0.1) is 0 Å². The Hall–Kier alpha value is -3.50. The number of hydrogen-bond donors (Lipinski definition) is 1.